The van der Waals surface area contributed by atoms with E-state index in [1.165, 1.54) is 6.26 Å². The lowest BCUT2D eigenvalue weighted by Crippen LogP contribution is -2.22. The van der Waals surface area contributed by atoms with Crippen molar-refractivity contribution >= 4 is 9.92 Å². The van der Waals surface area contributed by atoms with Crippen molar-refractivity contribution in [2.75, 3.05) is 6.26 Å². The van der Waals surface area contributed by atoms with Gasteiger partial charge in [-0.05, 0) is 12.8 Å². The third kappa shape index (κ3) is 2.28. The van der Waals surface area contributed by atoms with Gasteiger partial charge < -0.3 is 0 Å². The Hall–Kier alpha value is -0.0900. The quantitative estimate of drug-likeness (QED) is 0.562. The molecule has 0 heterocycles. The number of nitrogens with one attached hydrogen (secondary N) is 2. The maximum atomic E-state index is 10.6. The predicted octanol–water partition coefficient (Wildman–Crippen LogP) is 0.330. The fourth-order valence-electron chi connectivity index (χ4n) is 0.519. The molecule has 0 radical (unpaired) electrons. The van der Waals surface area contributed by atoms with Crippen LogP contribution in [0.15, 0.2) is 0 Å². The molecule has 1 unspecified atom stereocenters. The van der Waals surface area contributed by atoms with Crippen LogP contribution in [-0.2, 0) is 9.92 Å². The van der Waals surface area contributed by atoms with Crippen LogP contribution in [0.2, 0.25) is 0 Å². The van der Waals surface area contributed by atoms with Crippen molar-refractivity contribution in [2.45, 2.75) is 18.9 Å². The van der Waals surface area contributed by atoms with Crippen LogP contribution in [0.5, 0.6) is 0 Å². The Labute approximate surface area is 49.6 Å². The summed E-state index contributed by atoms with van der Waals surface area (Å²) in [5.74, 6) is 0. The van der Waals surface area contributed by atoms with E-state index in [9.17, 15) is 4.21 Å². The molecule has 8 heavy (non-hydrogen) atoms. The van der Waals surface area contributed by atoms with Gasteiger partial charge in [0, 0.05) is 12.3 Å². The second-order valence-corrected chi connectivity index (χ2v) is 4.16. The van der Waals surface area contributed by atoms with Crippen molar-refractivity contribution in [3.63, 3.8) is 0 Å². The van der Waals surface area contributed by atoms with E-state index in [1.54, 1.807) is 0 Å². The predicted molar refractivity (Wildman–Crippen MR) is 32.9 cm³/mol. The largest absolute Gasteiger partial charge is 0.241 e. The minimum atomic E-state index is -2.41. The first-order valence-electron chi connectivity index (χ1n) is 2.59. The maximum Gasteiger partial charge on any atom is 0.102 e. The van der Waals surface area contributed by atoms with Gasteiger partial charge in [-0.15, -0.1) is 0 Å². The molecule has 0 aromatic heterocycles. The van der Waals surface area contributed by atoms with E-state index in [-0.39, 0.29) is 0 Å². The van der Waals surface area contributed by atoms with Crippen LogP contribution in [0, 0.1) is 4.78 Å². The molecule has 4 heteroatoms. The van der Waals surface area contributed by atoms with Gasteiger partial charge in [0.2, 0.25) is 0 Å². The average Bonchev–Trinajstić information content (AvgIpc) is 2.12. The zero-order valence-corrected chi connectivity index (χ0v) is 5.62. The molecule has 0 aromatic rings. The molecule has 2 N–H and O–H groups in total. The second kappa shape index (κ2) is 1.70. The third-order valence-corrected chi connectivity index (χ3v) is 1.75. The highest BCUT2D eigenvalue weighted by atomic mass is 32.2. The summed E-state index contributed by atoms with van der Waals surface area (Å²) in [4.78, 5) is 0. The number of hydrogen-bond donors (Lipinski definition) is 2. The Morgan fingerprint density at radius 3 is 2.38 bits per heavy atom. The van der Waals surface area contributed by atoms with Crippen LogP contribution in [0.4, 0.5) is 0 Å². The van der Waals surface area contributed by atoms with Crippen LogP contribution in [-0.4, -0.2) is 16.5 Å². The molecule has 48 valence electrons. The van der Waals surface area contributed by atoms with Crippen molar-refractivity contribution in [1.82, 2.24) is 4.72 Å². The van der Waals surface area contributed by atoms with Gasteiger partial charge in [0.1, 0.15) is 9.92 Å². The van der Waals surface area contributed by atoms with Gasteiger partial charge in [0.25, 0.3) is 0 Å². The minimum absolute atomic E-state index is 0.380. The first-order valence-corrected chi connectivity index (χ1v) is 4.55. The van der Waals surface area contributed by atoms with Crippen LogP contribution < -0.4 is 4.72 Å². The topological polar surface area (TPSA) is 53.0 Å². The molecule has 0 aliphatic heterocycles. The number of hydrogen-bond acceptors (Lipinski definition) is 2. The summed E-state index contributed by atoms with van der Waals surface area (Å²) in [7, 11) is -2.41. The Balaban J connectivity index is 2.38. The Bertz CT molecular complexity index is 168. The molecular formula is C4H10N2OS. The summed E-state index contributed by atoms with van der Waals surface area (Å²) < 4.78 is 20.2. The highest BCUT2D eigenvalue weighted by Gasteiger charge is 2.22. The lowest BCUT2D eigenvalue weighted by Gasteiger charge is -1.98. The van der Waals surface area contributed by atoms with Crippen molar-refractivity contribution in [2.24, 2.45) is 0 Å². The van der Waals surface area contributed by atoms with Gasteiger partial charge in [0.15, 0.2) is 0 Å². The van der Waals surface area contributed by atoms with Gasteiger partial charge >= 0.3 is 0 Å². The Kier molecular flexibility index (Phi) is 1.28. The van der Waals surface area contributed by atoms with E-state index in [1.807, 2.05) is 0 Å². The smallest absolute Gasteiger partial charge is 0.102 e. The number of rotatable bonds is 2. The zero-order valence-electron chi connectivity index (χ0n) is 4.81. The standard InChI is InChI=1S/C4H10N2OS/c1-8(5,7)6-4-2-3-4/h4H,2-3H2,1H3,(H2,5,6,7). The van der Waals surface area contributed by atoms with Gasteiger partial charge in [-0.3, -0.25) is 0 Å². The van der Waals surface area contributed by atoms with E-state index < -0.39 is 9.92 Å². The summed E-state index contributed by atoms with van der Waals surface area (Å²) in [6.07, 6.45) is 3.58. The van der Waals surface area contributed by atoms with Crippen molar-refractivity contribution in [1.29, 1.82) is 4.78 Å². The van der Waals surface area contributed by atoms with Crippen LogP contribution in [0.3, 0.4) is 0 Å². The summed E-state index contributed by atoms with van der Waals surface area (Å²) in [5, 5.41) is 0. The third-order valence-electron chi connectivity index (χ3n) is 0.969. The van der Waals surface area contributed by atoms with E-state index in [2.05, 4.69) is 4.72 Å². The lowest BCUT2D eigenvalue weighted by atomic mass is 10.8. The molecule has 0 spiro atoms. The Morgan fingerprint density at radius 2 is 2.25 bits per heavy atom. The highest BCUT2D eigenvalue weighted by molar-refractivity contribution is 7.89. The van der Waals surface area contributed by atoms with E-state index >= 15 is 0 Å². The van der Waals surface area contributed by atoms with E-state index in [0.717, 1.165) is 12.8 Å². The molecule has 1 aliphatic rings. The Morgan fingerprint density at radius 1 is 1.75 bits per heavy atom. The fraction of sp³-hybridized carbons (Fsp3) is 1.00. The van der Waals surface area contributed by atoms with E-state index in [4.69, 9.17) is 4.78 Å². The van der Waals surface area contributed by atoms with Gasteiger partial charge in [-0.1, -0.05) is 0 Å². The lowest BCUT2D eigenvalue weighted by molar-refractivity contribution is 0.666. The van der Waals surface area contributed by atoms with Crippen molar-refractivity contribution in [3.05, 3.63) is 0 Å². The molecule has 3 nitrogen and oxygen atoms in total. The van der Waals surface area contributed by atoms with Crippen LogP contribution >= 0.6 is 0 Å². The minimum Gasteiger partial charge on any atom is -0.241 e. The second-order valence-electron chi connectivity index (χ2n) is 2.24. The molecule has 1 aliphatic carbocycles. The molecule has 0 aromatic carbocycles. The first-order chi connectivity index (χ1) is 3.58. The molecule has 1 rings (SSSR count). The van der Waals surface area contributed by atoms with Crippen molar-refractivity contribution < 1.29 is 4.21 Å². The summed E-state index contributed by atoms with van der Waals surface area (Å²) in [6.45, 7) is 0. The molecule has 1 atom stereocenters. The first kappa shape index (κ1) is 6.04. The SMILES string of the molecule is CS(=N)(=O)NC1CC1. The highest BCUT2D eigenvalue weighted by Crippen LogP contribution is 2.19. The van der Waals surface area contributed by atoms with E-state index in [0.29, 0.717) is 6.04 Å². The summed E-state index contributed by atoms with van der Waals surface area (Å²) in [5.41, 5.74) is 0. The zero-order chi connectivity index (χ0) is 6.20. The van der Waals surface area contributed by atoms with Crippen LogP contribution in [0.25, 0.3) is 0 Å². The summed E-state index contributed by atoms with van der Waals surface area (Å²) >= 11 is 0. The summed E-state index contributed by atoms with van der Waals surface area (Å²) in [6, 6.07) is 0.380. The average molecular weight is 134 g/mol. The monoisotopic (exact) mass is 134 g/mol. The molecule has 0 saturated heterocycles. The van der Waals surface area contributed by atoms with Gasteiger partial charge in [0.05, 0.1) is 0 Å². The molecule has 0 amide bonds. The molecule has 1 fully saturated rings. The molecular weight excluding hydrogens is 124 g/mol. The van der Waals surface area contributed by atoms with Gasteiger partial charge in [-0.2, -0.15) is 0 Å². The normalized spacial score (nSPS) is 27.1. The van der Waals surface area contributed by atoms with Crippen molar-refractivity contribution in [3.8, 4) is 0 Å². The van der Waals surface area contributed by atoms with Crippen LogP contribution in [0.1, 0.15) is 12.8 Å². The maximum absolute atomic E-state index is 10.6. The van der Waals surface area contributed by atoms with Gasteiger partial charge in [-0.25, -0.2) is 13.7 Å². The fourth-order valence-corrected chi connectivity index (χ4v) is 1.39. The molecule has 0 bridgehead atoms. The molecule has 1 saturated carbocycles.